The number of benzene rings is 2. The van der Waals surface area contributed by atoms with Crippen molar-refractivity contribution in [3.8, 4) is 17.6 Å². The van der Waals surface area contributed by atoms with Crippen LogP contribution in [-0.4, -0.2) is 36.1 Å². The van der Waals surface area contributed by atoms with Gasteiger partial charge < -0.3 is 14.4 Å². The van der Waals surface area contributed by atoms with E-state index in [-0.39, 0.29) is 18.6 Å². The predicted octanol–water partition coefficient (Wildman–Crippen LogP) is 4.17. The Bertz CT molecular complexity index is 992. The van der Waals surface area contributed by atoms with E-state index in [9.17, 15) is 4.79 Å². The molecule has 0 bridgehead atoms. The first-order valence-corrected chi connectivity index (χ1v) is 9.76. The SMILES string of the molecule is CCOc1cc(C#N)ccc1OCC(=O)N(C)[C@H](C)c1nc2ccccc2s1. The second-order valence-electron chi connectivity index (χ2n) is 6.20. The van der Waals surface area contributed by atoms with Crippen LogP contribution in [-0.2, 0) is 4.79 Å². The smallest absolute Gasteiger partial charge is 0.260 e. The lowest BCUT2D eigenvalue weighted by Gasteiger charge is -2.23. The quantitative estimate of drug-likeness (QED) is 0.600. The number of nitrogens with zero attached hydrogens (tertiary/aromatic N) is 3. The van der Waals surface area contributed by atoms with Gasteiger partial charge in [0.15, 0.2) is 18.1 Å². The van der Waals surface area contributed by atoms with E-state index in [4.69, 9.17) is 14.7 Å². The standard InChI is InChI=1S/C21H21N3O3S/c1-4-26-18-11-15(12-22)9-10-17(18)27-13-20(25)24(3)14(2)21-23-16-7-5-6-8-19(16)28-21/h5-11,14H,4,13H2,1-3H3/t14-/m1/s1. The molecule has 7 heteroatoms. The molecular weight excluding hydrogens is 374 g/mol. The van der Waals surface area contributed by atoms with Gasteiger partial charge in [0, 0.05) is 13.1 Å². The maximum atomic E-state index is 12.6. The summed E-state index contributed by atoms with van der Waals surface area (Å²) in [5.41, 5.74) is 1.41. The molecule has 3 rings (SSSR count). The van der Waals surface area contributed by atoms with E-state index in [1.807, 2.05) is 38.1 Å². The molecule has 2 aromatic carbocycles. The highest BCUT2D eigenvalue weighted by Crippen LogP contribution is 2.30. The molecule has 1 aromatic heterocycles. The monoisotopic (exact) mass is 395 g/mol. The number of rotatable bonds is 7. The average Bonchev–Trinajstić information content (AvgIpc) is 3.15. The van der Waals surface area contributed by atoms with Gasteiger partial charge in [-0.1, -0.05) is 12.1 Å². The minimum absolute atomic E-state index is 0.127. The number of hydrogen-bond donors (Lipinski definition) is 0. The molecule has 0 fully saturated rings. The molecule has 28 heavy (non-hydrogen) atoms. The fraction of sp³-hybridized carbons (Fsp3) is 0.286. The topological polar surface area (TPSA) is 75.5 Å². The number of carbonyl (C=O) groups excluding carboxylic acids is 1. The van der Waals surface area contributed by atoms with Crippen molar-refractivity contribution in [2.24, 2.45) is 0 Å². The number of aromatic nitrogens is 1. The van der Waals surface area contributed by atoms with Crippen molar-refractivity contribution < 1.29 is 14.3 Å². The van der Waals surface area contributed by atoms with Crippen LogP contribution in [0.15, 0.2) is 42.5 Å². The fourth-order valence-corrected chi connectivity index (χ4v) is 3.72. The number of para-hydroxylation sites is 1. The molecule has 0 N–H and O–H groups in total. The zero-order chi connectivity index (χ0) is 20.1. The fourth-order valence-electron chi connectivity index (χ4n) is 2.66. The van der Waals surface area contributed by atoms with Crippen LogP contribution in [0.5, 0.6) is 11.5 Å². The van der Waals surface area contributed by atoms with E-state index in [0.717, 1.165) is 15.2 Å². The Morgan fingerprint density at radius 3 is 2.75 bits per heavy atom. The maximum absolute atomic E-state index is 12.6. The Kier molecular flexibility index (Phi) is 6.12. The van der Waals surface area contributed by atoms with E-state index in [1.165, 1.54) is 0 Å². The molecule has 0 aliphatic carbocycles. The summed E-state index contributed by atoms with van der Waals surface area (Å²) in [7, 11) is 1.74. The second kappa shape index (κ2) is 8.72. The summed E-state index contributed by atoms with van der Waals surface area (Å²) < 4.78 is 12.3. The number of likely N-dealkylation sites (N-methyl/N-ethyl adjacent to an activating group) is 1. The second-order valence-corrected chi connectivity index (χ2v) is 7.26. The van der Waals surface area contributed by atoms with E-state index >= 15 is 0 Å². The summed E-state index contributed by atoms with van der Waals surface area (Å²) in [5.74, 6) is 0.727. The molecule has 1 amide bonds. The first-order valence-electron chi connectivity index (χ1n) is 8.94. The number of hydrogen-bond acceptors (Lipinski definition) is 6. The van der Waals surface area contributed by atoms with Gasteiger partial charge in [0.1, 0.15) is 5.01 Å². The Morgan fingerprint density at radius 2 is 2.04 bits per heavy atom. The third kappa shape index (κ3) is 4.24. The summed E-state index contributed by atoms with van der Waals surface area (Å²) in [5, 5.41) is 9.90. The first-order chi connectivity index (χ1) is 13.5. The lowest BCUT2D eigenvalue weighted by Crippen LogP contribution is -2.33. The summed E-state index contributed by atoms with van der Waals surface area (Å²) in [6.45, 7) is 4.11. The van der Waals surface area contributed by atoms with Crippen LogP contribution >= 0.6 is 11.3 Å². The number of amides is 1. The zero-order valence-corrected chi connectivity index (χ0v) is 16.8. The van der Waals surface area contributed by atoms with Gasteiger partial charge in [0.05, 0.1) is 34.5 Å². The highest BCUT2D eigenvalue weighted by molar-refractivity contribution is 7.18. The summed E-state index contributed by atoms with van der Waals surface area (Å²) in [6, 6.07) is 14.7. The molecule has 1 atom stereocenters. The number of nitriles is 1. The number of ether oxygens (including phenoxy) is 2. The molecule has 0 unspecified atom stereocenters. The normalized spacial score (nSPS) is 11.6. The molecule has 0 saturated carbocycles. The van der Waals surface area contributed by atoms with Gasteiger partial charge in [-0.2, -0.15) is 5.26 Å². The van der Waals surface area contributed by atoms with Crippen molar-refractivity contribution in [1.82, 2.24) is 9.88 Å². The van der Waals surface area contributed by atoms with E-state index in [0.29, 0.717) is 23.7 Å². The first kappa shape index (κ1) is 19.6. The zero-order valence-electron chi connectivity index (χ0n) is 16.0. The number of fused-ring (bicyclic) bond motifs is 1. The van der Waals surface area contributed by atoms with Crippen LogP contribution in [0.1, 0.15) is 30.5 Å². The molecule has 0 aliphatic rings. The van der Waals surface area contributed by atoms with Crippen molar-refractivity contribution >= 4 is 27.5 Å². The van der Waals surface area contributed by atoms with Crippen LogP contribution in [0.2, 0.25) is 0 Å². The van der Waals surface area contributed by atoms with Crippen LogP contribution in [0.3, 0.4) is 0 Å². The summed E-state index contributed by atoms with van der Waals surface area (Å²) in [6.07, 6.45) is 0. The van der Waals surface area contributed by atoms with Gasteiger partial charge >= 0.3 is 0 Å². The molecule has 0 aliphatic heterocycles. The third-order valence-corrected chi connectivity index (χ3v) is 5.57. The summed E-state index contributed by atoms with van der Waals surface area (Å²) in [4.78, 5) is 18.9. The molecule has 1 heterocycles. The molecule has 0 spiro atoms. The van der Waals surface area contributed by atoms with E-state index in [1.54, 1.807) is 41.5 Å². The van der Waals surface area contributed by atoms with Gasteiger partial charge in [0.25, 0.3) is 5.91 Å². The average molecular weight is 395 g/mol. The third-order valence-electron chi connectivity index (χ3n) is 4.37. The highest BCUT2D eigenvalue weighted by Gasteiger charge is 2.21. The number of carbonyl (C=O) groups is 1. The van der Waals surface area contributed by atoms with Crippen LogP contribution < -0.4 is 9.47 Å². The Balaban J connectivity index is 1.68. The summed E-state index contributed by atoms with van der Waals surface area (Å²) >= 11 is 1.58. The molecule has 6 nitrogen and oxygen atoms in total. The number of thiazole rings is 1. The molecule has 144 valence electrons. The lowest BCUT2D eigenvalue weighted by molar-refractivity contribution is -0.134. The molecule has 3 aromatic rings. The van der Waals surface area contributed by atoms with Gasteiger partial charge in [-0.25, -0.2) is 4.98 Å². The van der Waals surface area contributed by atoms with Gasteiger partial charge in [-0.3, -0.25) is 4.79 Å². The van der Waals surface area contributed by atoms with Crippen LogP contribution in [0.25, 0.3) is 10.2 Å². The predicted molar refractivity (Wildman–Crippen MR) is 109 cm³/mol. The van der Waals surface area contributed by atoms with E-state index in [2.05, 4.69) is 11.1 Å². The lowest BCUT2D eigenvalue weighted by atomic mass is 10.2. The van der Waals surface area contributed by atoms with Gasteiger partial charge in [0.2, 0.25) is 0 Å². The molecule has 0 radical (unpaired) electrons. The van der Waals surface area contributed by atoms with Crippen LogP contribution in [0.4, 0.5) is 0 Å². The van der Waals surface area contributed by atoms with Crippen molar-refractivity contribution in [3.63, 3.8) is 0 Å². The molecule has 0 saturated heterocycles. The Morgan fingerprint density at radius 1 is 1.25 bits per heavy atom. The minimum atomic E-state index is -0.168. The largest absolute Gasteiger partial charge is 0.490 e. The van der Waals surface area contributed by atoms with Crippen molar-refractivity contribution in [3.05, 3.63) is 53.0 Å². The van der Waals surface area contributed by atoms with Gasteiger partial charge in [-0.15, -0.1) is 11.3 Å². The van der Waals surface area contributed by atoms with Crippen molar-refractivity contribution in [1.29, 1.82) is 5.26 Å². The van der Waals surface area contributed by atoms with Gasteiger partial charge in [-0.05, 0) is 38.1 Å². The highest BCUT2D eigenvalue weighted by atomic mass is 32.1. The Hall–Kier alpha value is -3.11. The van der Waals surface area contributed by atoms with Crippen molar-refractivity contribution in [2.45, 2.75) is 19.9 Å². The molecular formula is C21H21N3O3S. The van der Waals surface area contributed by atoms with Crippen molar-refractivity contribution in [2.75, 3.05) is 20.3 Å². The minimum Gasteiger partial charge on any atom is -0.490 e. The Labute approximate surface area is 167 Å². The van der Waals surface area contributed by atoms with E-state index < -0.39 is 0 Å². The van der Waals surface area contributed by atoms with Crippen LogP contribution in [0, 0.1) is 11.3 Å². The maximum Gasteiger partial charge on any atom is 0.260 e.